The molecule has 3 aromatic rings. The average molecular weight is 429 g/mol. The molecule has 0 saturated heterocycles. The van der Waals surface area contributed by atoms with E-state index in [2.05, 4.69) is 5.32 Å². The number of nitrogens with one attached hydrogen (secondary N) is 1. The summed E-state index contributed by atoms with van der Waals surface area (Å²) in [5.74, 6) is -1.22. The minimum Gasteiger partial charge on any atom is -0.478 e. The van der Waals surface area contributed by atoms with Crippen LogP contribution in [0.4, 0.5) is 5.69 Å². The molecule has 0 atom stereocenters. The lowest BCUT2D eigenvalue weighted by atomic mass is 10.1. The van der Waals surface area contributed by atoms with Gasteiger partial charge in [-0.1, -0.05) is 60.3 Å². The van der Waals surface area contributed by atoms with Crippen LogP contribution in [0.5, 0.6) is 0 Å². The number of anilines is 1. The van der Waals surface area contributed by atoms with Gasteiger partial charge in [-0.25, -0.2) is 18.4 Å². The molecule has 0 spiro atoms. The van der Waals surface area contributed by atoms with E-state index in [-0.39, 0.29) is 10.5 Å². The Morgan fingerprint density at radius 1 is 1.00 bits per heavy atom. The summed E-state index contributed by atoms with van der Waals surface area (Å²) in [4.78, 5) is 12.5. The molecule has 8 heteroatoms. The number of carbonyl (C=O) groups is 1. The topological polar surface area (TPSA) is 109 Å². The third-order valence-corrected chi connectivity index (χ3v) is 6.36. The van der Waals surface area contributed by atoms with Crippen LogP contribution in [0.3, 0.4) is 0 Å². The summed E-state index contributed by atoms with van der Waals surface area (Å²) in [5.41, 5.74) is 1.38. The van der Waals surface area contributed by atoms with Crippen LogP contribution in [-0.2, 0) is 16.4 Å². The minimum atomic E-state index is -4.13. The molecule has 0 fully saturated rings. The average Bonchev–Trinajstić information content (AvgIpc) is 2.69. The number of hydrogen-bond acceptors (Lipinski definition) is 5. The Morgan fingerprint density at radius 2 is 1.62 bits per heavy atom. The lowest BCUT2D eigenvalue weighted by Crippen LogP contribution is -2.16. The van der Waals surface area contributed by atoms with E-state index >= 15 is 0 Å². The number of benzene rings is 3. The second-order valence-electron chi connectivity index (χ2n) is 6.28. The van der Waals surface area contributed by atoms with Gasteiger partial charge in [0.25, 0.3) is 0 Å². The maximum Gasteiger partial charge on any atom is 0.335 e. The number of carboxylic acids is 1. The van der Waals surface area contributed by atoms with Crippen LogP contribution < -0.4 is 10.5 Å². The van der Waals surface area contributed by atoms with Gasteiger partial charge in [0.15, 0.2) is 0 Å². The van der Waals surface area contributed by atoms with Gasteiger partial charge in [0.2, 0.25) is 10.0 Å². The molecule has 3 rings (SSSR count). The van der Waals surface area contributed by atoms with Gasteiger partial charge in [-0.05, 0) is 36.2 Å². The number of aromatic carboxylic acids is 1. The SMILES string of the molecule is NS(=O)(=O)c1cc(C(=O)O)cc(NCCc2ccccc2)c1Sc1ccccc1. The van der Waals surface area contributed by atoms with Gasteiger partial charge in [-0.15, -0.1) is 0 Å². The molecule has 0 aliphatic carbocycles. The van der Waals surface area contributed by atoms with Crippen molar-refractivity contribution in [3.8, 4) is 0 Å². The highest BCUT2D eigenvalue weighted by atomic mass is 32.2. The Morgan fingerprint density at radius 3 is 2.21 bits per heavy atom. The molecule has 0 aliphatic rings. The van der Waals surface area contributed by atoms with Crippen LogP contribution in [0.25, 0.3) is 0 Å². The van der Waals surface area contributed by atoms with Gasteiger partial charge in [0.05, 0.1) is 21.0 Å². The maximum atomic E-state index is 12.2. The molecule has 0 amide bonds. The van der Waals surface area contributed by atoms with Crippen LogP contribution in [0, 0.1) is 0 Å². The summed E-state index contributed by atoms with van der Waals surface area (Å²) >= 11 is 1.22. The normalized spacial score (nSPS) is 11.2. The van der Waals surface area contributed by atoms with Crippen molar-refractivity contribution in [3.63, 3.8) is 0 Å². The predicted octanol–water partition coefficient (Wildman–Crippen LogP) is 3.84. The Balaban J connectivity index is 2.00. The summed E-state index contributed by atoms with van der Waals surface area (Å²) in [7, 11) is -4.13. The first kappa shape index (κ1) is 20.9. The molecule has 0 aliphatic heterocycles. The van der Waals surface area contributed by atoms with Gasteiger partial charge >= 0.3 is 5.97 Å². The van der Waals surface area contributed by atoms with Crippen LogP contribution in [0.1, 0.15) is 15.9 Å². The van der Waals surface area contributed by atoms with E-state index in [4.69, 9.17) is 5.14 Å². The van der Waals surface area contributed by atoms with Gasteiger partial charge < -0.3 is 10.4 Å². The van der Waals surface area contributed by atoms with Crippen LogP contribution in [-0.4, -0.2) is 26.0 Å². The van der Waals surface area contributed by atoms with Gasteiger partial charge in [-0.2, -0.15) is 0 Å². The minimum absolute atomic E-state index is 0.145. The quantitative estimate of drug-likeness (QED) is 0.503. The molecule has 3 aromatic carbocycles. The first-order chi connectivity index (χ1) is 13.8. The second-order valence-corrected chi connectivity index (χ2v) is 8.89. The van der Waals surface area contributed by atoms with Crippen molar-refractivity contribution in [2.45, 2.75) is 21.1 Å². The van der Waals surface area contributed by atoms with Crippen molar-refractivity contribution in [1.29, 1.82) is 0 Å². The van der Waals surface area contributed by atoms with Crippen molar-refractivity contribution in [2.24, 2.45) is 5.14 Å². The zero-order valence-corrected chi connectivity index (χ0v) is 17.0. The first-order valence-corrected chi connectivity index (χ1v) is 11.2. The fourth-order valence-electron chi connectivity index (χ4n) is 2.77. The first-order valence-electron chi connectivity index (χ1n) is 8.79. The molecule has 29 heavy (non-hydrogen) atoms. The van der Waals surface area contributed by atoms with Crippen LogP contribution in [0.15, 0.2) is 87.5 Å². The summed E-state index contributed by atoms with van der Waals surface area (Å²) in [5, 5.41) is 18.0. The molecule has 150 valence electrons. The molecule has 0 radical (unpaired) electrons. The predicted molar refractivity (Wildman–Crippen MR) is 114 cm³/mol. The Bertz CT molecular complexity index is 1100. The lowest BCUT2D eigenvalue weighted by Gasteiger charge is -2.16. The van der Waals surface area contributed by atoms with Crippen molar-refractivity contribution in [3.05, 3.63) is 83.9 Å². The van der Waals surface area contributed by atoms with Crippen molar-refractivity contribution in [1.82, 2.24) is 0 Å². The number of rotatable bonds is 8. The van der Waals surface area contributed by atoms with E-state index in [1.807, 2.05) is 60.7 Å². The van der Waals surface area contributed by atoms with Crippen LogP contribution >= 0.6 is 11.8 Å². The molecular formula is C21H20N2O4S2. The van der Waals surface area contributed by atoms with Crippen molar-refractivity contribution in [2.75, 3.05) is 11.9 Å². The summed E-state index contributed by atoms with van der Waals surface area (Å²) in [6, 6.07) is 21.6. The highest BCUT2D eigenvalue weighted by Gasteiger charge is 2.22. The second kappa shape index (κ2) is 9.13. The maximum absolute atomic E-state index is 12.2. The summed E-state index contributed by atoms with van der Waals surface area (Å²) < 4.78 is 24.4. The standard InChI is InChI=1S/C21H20N2O4S2/c22-29(26,27)19-14-16(21(24)25)13-18(20(19)28-17-9-5-2-6-10-17)23-12-11-15-7-3-1-4-8-15/h1-10,13-14,23H,11-12H2,(H,24,25)(H2,22,26,27). The molecular weight excluding hydrogens is 408 g/mol. The number of nitrogens with two attached hydrogens (primary N) is 1. The van der Waals surface area contributed by atoms with E-state index < -0.39 is 16.0 Å². The Kier molecular flexibility index (Phi) is 6.58. The summed E-state index contributed by atoms with van der Waals surface area (Å²) in [6.45, 7) is 0.499. The van der Waals surface area contributed by atoms with Gasteiger partial charge in [0.1, 0.15) is 0 Å². The van der Waals surface area contributed by atoms with E-state index in [1.54, 1.807) is 0 Å². The number of primary sulfonamides is 1. The fraction of sp³-hybridized carbons (Fsp3) is 0.0952. The Labute approximate surface area is 173 Å². The number of hydrogen-bond donors (Lipinski definition) is 3. The number of sulfonamides is 1. The van der Waals surface area contributed by atoms with Crippen molar-refractivity contribution < 1.29 is 18.3 Å². The Hall–Kier alpha value is -2.81. The van der Waals surface area contributed by atoms with E-state index in [0.29, 0.717) is 23.5 Å². The molecule has 0 bridgehead atoms. The van der Waals surface area contributed by atoms with Gasteiger partial charge in [-0.3, -0.25) is 0 Å². The summed E-state index contributed by atoms with van der Waals surface area (Å²) in [6.07, 6.45) is 0.693. The fourth-order valence-corrected chi connectivity index (χ4v) is 4.83. The van der Waals surface area contributed by atoms with Crippen LogP contribution in [0.2, 0.25) is 0 Å². The van der Waals surface area contributed by atoms with E-state index in [1.165, 1.54) is 17.8 Å². The number of carboxylic acid groups (broad SMARTS) is 1. The molecule has 0 heterocycles. The van der Waals surface area contributed by atoms with Crippen molar-refractivity contribution >= 4 is 33.4 Å². The zero-order valence-electron chi connectivity index (χ0n) is 15.4. The molecule has 6 nitrogen and oxygen atoms in total. The van der Waals surface area contributed by atoms with E-state index in [9.17, 15) is 18.3 Å². The molecule has 0 aromatic heterocycles. The monoisotopic (exact) mass is 428 g/mol. The van der Waals surface area contributed by atoms with E-state index in [0.717, 1.165) is 16.5 Å². The highest BCUT2D eigenvalue weighted by molar-refractivity contribution is 8.00. The smallest absolute Gasteiger partial charge is 0.335 e. The lowest BCUT2D eigenvalue weighted by molar-refractivity contribution is 0.0696. The zero-order chi connectivity index (χ0) is 20.9. The molecule has 0 unspecified atom stereocenters. The van der Waals surface area contributed by atoms with Gasteiger partial charge in [0, 0.05) is 11.4 Å². The third kappa shape index (κ3) is 5.60. The largest absolute Gasteiger partial charge is 0.478 e. The molecule has 4 N–H and O–H groups in total. The third-order valence-electron chi connectivity index (χ3n) is 4.14. The highest BCUT2D eigenvalue weighted by Crippen LogP contribution is 2.39. The molecule has 0 saturated carbocycles.